The van der Waals surface area contributed by atoms with Crippen molar-refractivity contribution in [2.75, 3.05) is 11.9 Å². The smallest absolute Gasteiger partial charge is 0.255 e. The standard InChI is InChI=1S/C31H31ClF3N3O5S/c32-23-9-6-18(29(39)38-21-14-24(33)28(35)25(34)15-21)11-27(23)44(42,43)22-12-19-7-8-20(13-22)31(19,41)16-37-30(40)26(36)10-17-4-2-1-3-5-17/h1-6,9,11,14-15,19-20,22,26,41H,7-8,10,12-13,16,36H2,(H,37,40)(H,38,39)/t19?,20?,22-,26-,31-/m0/s1. The minimum atomic E-state index is -4.10. The molecular weight excluding hydrogens is 619 g/mol. The van der Waals surface area contributed by atoms with Crippen LogP contribution in [0.1, 0.15) is 41.6 Å². The van der Waals surface area contributed by atoms with Crippen molar-refractivity contribution in [1.82, 2.24) is 5.32 Å². The third kappa shape index (κ3) is 6.35. The van der Waals surface area contributed by atoms with Crippen molar-refractivity contribution in [3.63, 3.8) is 0 Å². The van der Waals surface area contributed by atoms with Crippen LogP contribution in [0.4, 0.5) is 18.9 Å². The normalized spacial score (nSPS) is 23.6. The number of aliphatic hydroxyl groups is 1. The zero-order valence-electron chi connectivity index (χ0n) is 23.4. The van der Waals surface area contributed by atoms with E-state index >= 15 is 0 Å². The lowest BCUT2D eigenvalue weighted by Crippen LogP contribution is -2.56. The monoisotopic (exact) mass is 649 g/mol. The fraction of sp³-hybridized carbons (Fsp3) is 0.355. The van der Waals surface area contributed by atoms with E-state index in [1.807, 2.05) is 30.3 Å². The van der Waals surface area contributed by atoms with Gasteiger partial charge < -0.3 is 21.5 Å². The van der Waals surface area contributed by atoms with E-state index in [2.05, 4.69) is 10.6 Å². The molecule has 2 bridgehead atoms. The van der Waals surface area contributed by atoms with E-state index in [-0.39, 0.29) is 40.6 Å². The Balaban J connectivity index is 1.27. The van der Waals surface area contributed by atoms with Crippen LogP contribution in [0.25, 0.3) is 0 Å². The highest BCUT2D eigenvalue weighted by Crippen LogP contribution is 2.52. The van der Waals surface area contributed by atoms with Crippen LogP contribution in [0, 0.1) is 29.3 Å². The Kier molecular flexibility index (Phi) is 9.08. The summed E-state index contributed by atoms with van der Waals surface area (Å²) in [6.07, 6.45) is 1.69. The molecule has 2 aliphatic rings. The second kappa shape index (κ2) is 12.5. The summed E-state index contributed by atoms with van der Waals surface area (Å²) in [7, 11) is -4.10. The van der Waals surface area contributed by atoms with Gasteiger partial charge in [-0.1, -0.05) is 41.9 Å². The van der Waals surface area contributed by atoms with Crippen molar-refractivity contribution in [2.45, 2.75) is 53.9 Å². The molecule has 0 aliphatic heterocycles. The van der Waals surface area contributed by atoms with E-state index in [9.17, 15) is 36.3 Å². The van der Waals surface area contributed by atoms with Gasteiger partial charge in [-0.3, -0.25) is 9.59 Å². The molecular formula is C31H31ClF3N3O5S. The molecule has 0 aromatic heterocycles. The van der Waals surface area contributed by atoms with Gasteiger partial charge in [-0.25, -0.2) is 21.6 Å². The lowest BCUT2D eigenvalue weighted by Gasteiger charge is -2.42. The van der Waals surface area contributed by atoms with Crippen LogP contribution in [0.5, 0.6) is 0 Å². The number of carbonyl (C=O) groups excluding carboxylic acids is 2. The largest absolute Gasteiger partial charge is 0.387 e. The summed E-state index contributed by atoms with van der Waals surface area (Å²) in [6, 6.07) is 13.2. The number of amides is 2. The highest BCUT2D eigenvalue weighted by molar-refractivity contribution is 7.92. The van der Waals surface area contributed by atoms with Crippen LogP contribution in [-0.2, 0) is 21.1 Å². The molecule has 0 spiro atoms. The Morgan fingerprint density at radius 3 is 2.23 bits per heavy atom. The van der Waals surface area contributed by atoms with Crippen molar-refractivity contribution >= 4 is 38.9 Å². The predicted molar refractivity (Wildman–Crippen MR) is 158 cm³/mol. The molecule has 2 aliphatic carbocycles. The van der Waals surface area contributed by atoms with E-state index in [4.69, 9.17) is 17.3 Å². The maximum Gasteiger partial charge on any atom is 0.255 e. The summed E-state index contributed by atoms with van der Waals surface area (Å²) in [6.45, 7) is -0.0581. The molecule has 3 aromatic rings. The fourth-order valence-corrected chi connectivity index (χ4v) is 8.75. The van der Waals surface area contributed by atoms with Crippen molar-refractivity contribution in [1.29, 1.82) is 0 Å². The number of halogens is 4. The summed E-state index contributed by atoms with van der Waals surface area (Å²) >= 11 is 6.28. The average Bonchev–Trinajstić information content (AvgIpc) is 3.13. The molecule has 234 valence electrons. The van der Waals surface area contributed by atoms with Gasteiger partial charge in [0.15, 0.2) is 27.3 Å². The van der Waals surface area contributed by atoms with Crippen molar-refractivity contribution < 1.29 is 36.3 Å². The van der Waals surface area contributed by atoms with Crippen LogP contribution in [-0.4, -0.2) is 48.8 Å². The van der Waals surface area contributed by atoms with Gasteiger partial charge in [-0.15, -0.1) is 0 Å². The molecule has 3 atom stereocenters. The molecule has 2 amide bonds. The molecule has 2 saturated carbocycles. The number of nitrogens with two attached hydrogens (primary N) is 1. The molecule has 44 heavy (non-hydrogen) atoms. The van der Waals surface area contributed by atoms with Crippen LogP contribution in [0.2, 0.25) is 5.02 Å². The average molecular weight is 650 g/mol. The van der Waals surface area contributed by atoms with Crippen LogP contribution in [0.3, 0.4) is 0 Å². The van der Waals surface area contributed by atoms with Gasteiger partial charge in [-0.2, -0.15) is 0 Å². The van der Waals surface area contributed by atoms with Gasteiger partial charge in [0, 0.05) is 29.9 Å². The second-order valence-electron chi connectivity index (χ2n) is 11.5. The van der Waals surface area contributed by atoms with Crippen molar-refractivity contribution in [3.05, 3.63) is 94.3 Å². The van der Waals surface area contributed by atoms with Gasteiger partial charge in [0.1, 0.15) is 0 Å². The SMILES string of the molecule is N[C@@H](Cc1ccccc1)C(=O)NC[C@]1(O)C2CCC1C[C@@H](S(=O)(=O)c1cc(C(=O)Nc3cc(F)c(F)c(F)c3)ccc1Cl)C2. The summed E-state index contributed by atoms with van der Waals surface area (Å²) in [5.41, 5.74) is 5.17. The Labute approximate surface area is 257 Å². The Morgan fingerprint density at radius 2 is 1.61 bits per heavy atom. The van der Waals surface area contributed by atoms with Gasteiger partial charge >= 0.3 is 0 Å². The lowest BCUT2D eigenvalue weighted by molar-refractivity contribution is -0.125. The Bertz CT molecular complexity index is 1650. The topological polar surface area (TPSA) is 139 Å². The molecule has 0 saturated heterocycles. The Hall–Kier alpha value is -3.45. The number of sulfone groups is 1. The molecule has 2 unspecified atom stereocenters. The summed E-state index contributed by atoms with van der Waals surface area (Å²) in [5.74, 6) is -6.82. The lowest BCUT2D eigenvalue weighted by atomic mass is 9.74. The number of hydrogen-bond donors (Lipinski definition) is 4. The first kappa shape index (κ1) is 32.0. The van der Waals surface area contributed by atoms with Gasteiger partial charge in [-0.05, 0) is 67.7 Å². The number of benzene rings is 3. The van der Waals surface area contributed by atoms with Crippen molar-refractivity contribution in [2.24, 2.45) is 17.6 Å². The minimum Gasteiger partial charge on any atom is -0.387 e. The number of carbonyl (C=O) groups is 2. The summed E-state index contributed by atoms with van der Waals surface area (Å²) in [4.78, 5) is 25.2. The maximum atomic E-state index is 13.8. The fourth-order valence-electron chi connectivity index (χ4n) is 6.35. The summed E-state index contributed by atoms with van der Waals surface area (Å²) < 4.78 is 68.1. The first-order valence-electron chi connectivity index (χ1n) is 14.1. The molecule has 2 fully saturated rings. The molecule has 13 heteroatoms. The van der Waals surface area contributed by atoms with E-state index < -0.39 is 67.8 Å². The molecule has 0 heterocycles. The van der Waals surface area contributed by atoms with Crippen LogP contribution in [0.15, 0.2) is 65.6 Å². The molecule has 8 nitrogen and oxygen atoms in total. The first-order chi connectivity index (χ1) is 20.8. The predicted octanol–water partition coefficient (Wildman–Crippen LogP) is 4.39. The number of rotatable bonds is 9. The third-order valence-electron chi connectivity index (χ3n) is 8.73. The zero-order valence-corrected chi connectivity index (χ0v) is 25.0. The van der Waals surface area contributed by atoms with E-state index in [1.54, 1.807) is 0 Å². The summed E-state index contributed by atoms with van der Waals surface area (Å²) in [5, 5.41) is 15.6. The van der Waals surface area contributed by atoms with Crippen LogP contribution >= 0.6 is 11.6 Å². The number of hydrogen-bond acceptors (Lipinski definition) is 6. The third-order valence-corrected chi connectivity index (χ3v) is 11.4. The molecule has 3 aromatic carbocycles. The highest BCUT2D eigenvalue weighted by Gasteiger charge is 2.55. The zero-order chi connectivity index (χ0) is 31.8. The van der Waals surface area contributed by atoms with E-state index in [0.717, 1.165) is 11.6 Å². The first-order valence-corrected chi connectivity index (χ1v) is 16.0. The number of anilines is 1. The Morgan fingerprint density at radius 1 is 1.00 bits per heavy atom. The van der Waals surface area contributed by atoms with E-state index in [1.165, 1.54) is 12.1 Å². The molecule has 5 N–H and O–H groups in total. The van der Waals surface area contributed by atoms with Crippen LogP contribution < -0.4 is 16.4 Å². The van der Waals surface area contributed by atoms with Crippen molar-refractivity contribution in [3.8, 4) is 0 Å². The maximum absolute atomic E-state index is 13.8. The molecule has 0 radical (unpaired) electrons. The minimum absolute atomic E-state index is 0.0581. The second-order valence-corrected chi connectivity index (χ2v) is 14.1. The number of fused-ring (bicyclic) bond motifs is 2. The van der Waals surface area contributed by atoms with E-state index in [0.29, 0.717) is 31.4 Å². The van der Waals surface area contributed by atoms with Gasteiger partial charge in [0.2, 0.25) is 5.91 Å². The van der Waals surface area contributed by atoms with Gasteiger partial charge in [0.05, 0.1) is 26.8 Å². The molecule has 5 rings (SSSR count). The number of nitrogens with one attached hydrogen (secondary N) is 2. The quantitative estimate of drug-likeness (QED) is 0.254. The van der Waals surface area contributed by atoms with Gasteiger partial charge in [0.25, 0.3) is 5.91 Å². The highest BCUT2D eigenvalue weighted by atomic mass is 35.5.